The second-order valence-corrected chi connectivity index (χ2v) is 11.0. The maximum Gasteiger partial charge on any atom is 0.573 e. The predicted molar refractivity (Wildman–Crippen MR) is 140 cm³/mol. The van der Waals surface area contributed by atoms with Crippen molar-refractivity contribution in [1.82, 2.24) is 9.88 Å². The fourth-order valence-corrected chi connectivity index (χ4v) is 4.55. The van der Waals surface area contributed by atoms with Gasteiger partial charge in [-0.05, 0) is 58.4 Å². The van der Waals surface area contributed by atoms with Gasteiger partial charge in [0.2, 0.25) is 11.8 Å². The number of aromatic nitrogens is 1. The summed E-state index contributed by atoms with van der Waals surface area (Å²) in [5.41, 5.74) is 6.40. The molecule has 1 aromatic carbocycles. The normalized spacial score (nSPS) is 19.0. The number of amides is 2. The van der Waals surface area contributed by atoms with E-state index >= 15 is 0 Å². The molecule has 0 saturated carbocycles. The van der Waals surface area contributed by atoms with E-state index in [2.05, 4.69) is 9.72 Å². The molecule has 2 fully saturated rings. The maximum atomic E-state index is 12.8. The van der Waals surface area contributed by atoms with E-state index < -0.39 is 30.6 Å². The summed E-state index contributed by atoms with van der Waals surface area (Å²) >= 11 is 0. The van der Waals surface area contributed by atoms with Gasteiger partial charge in [-0.3, -0.25) is 9.59 Å². The molecule has 9 nitrogen and oxygen atoms in total. The highest BCUT2D eigenvalue weighted by molar-refractivity contribution is 6.62. The van der Waals surface area contributed by atoms with Crippen LogP contribution in [0.15, 0.2) is 30.3 Å². The molecule has 0 atom stereocenters. The molecule has 0 bridgehead atoms. The lowest BCUT2D eigenvalue weighted by molar-refractivity contribution is -0.274. The van der Waals surface area contributed by atoms with Gasteiger partial charge in [0.1, 0.15) is 17.4 Å². The average Bonchev–Trinajstić information content (AvgIpc) is 3.06. The highest BCUT2D eigenvalue weighted by Crippen LogP contribution is 2.37. The zero-order valence-corrected chi connectivity index (χ0v) is 23.1. The number of carbonyl (C=O) groups is 2. The summed E-state index contributed by atoms with van der Waals surface area (Å²) in [6.07, 6.45) is -4.02. The second kappa shape index (κ2) is 10.9. The Balaban J connectivity index is 1.36. The van der Waals surface area contributed by atoms with E-state index in [9.17, 15) is 22.8 Å². The number of carbonyl (C=O) groups excluding carboxylic acids is 2. The lowest BCUT2D eigenvalue weighted by atomic mass is 9.77. The Kier molecular flexibility index (Phi) is 8.10. The molecular weight excluding hydrogens is 530 g/mol. The molecule has 3 heterocycles. The molecule has 2 aliphatic rings. The first kappa shape index (κ1) is 29.7. The first-order valence-electron chi connectivity index (χ1n) is 13.0. The highest BCUT2D eigenvalue weighted by Gasteiger charge is 2.52. The SMILES string of the molecule is Cc1nc(OC2CCN(C(=O)Cc3ccc(OC(F)(F)F)cc3)CC2)c(C(N)=O)cc1B1OC(C)(C)C(C)(C)O1. The van der Waals surface area contributed by atoms with Crippen molar-refractivity contribution in [3.63, 3.8) is 0 Å². The molecule has 0 spiro atoms. The number of piperidine rings is 1. The van der Waals surface area contributed by atoms with E-state index in [0.29, 0.717) is 42.7 Å². The van der Waals surface area contributed by atoms with Gasteiger partial charge in [-0.2, -0.15) is 0 Å². The second-order valence-electron chi connectivity index (χ2n) is 11.0. The van der Waals surface area contributed by atoms with Gasteiger partial charge in [0.25, 0.3) is 5.91 Å². The third-order valence-corrected chi connectivity index (χ3v) is 7.58. The van der Waals surface area contributed by atoms with Crippen LogP contribution in [-0.4, -0.2) is 65.6 Å². The summed E-state index contributed by atoms with van der Waals surface area (Å²) in [4.78, 5) is 31.3. The summed E-state index contributed by atoms with van der Waals surface area (Å²) in [5, 5.41) is 0. The van der Waals surface area contributed by atoms with Gasteiger partial charge in [-0.1, -0.05) is 12.1 Å². The lowest BCUT2D eigenvalue weighted by Gasteiger charge is -2.32. The molecule has 2 N–H and O–H groups in total. The molecule has 4 rings (SSSR count). The minimum absolute atomic E-state index is 0.0464. The zero-order valence-electron chi connectivity index (χ0n) is 23.1. The molecule has 2 aromatic rings. The minimum atomic E-state index is -4.77. The first-order valence-corrected chi connectivity index (χ1v) is 13.0. The Morgan fingerprint density at radius 2 is 1.68 bits per heavy atom. The highest BCUT2D eigenvalue weighted by atomic mass is 19.4. The molecule has 2 amide bonds. The van der Waals surface area contributed by atoms with E-state index in [0.717, 1.165) is 0 Å². The molecule has 216 valence electrons. The number of ether oxygens (including phenoxy) is 2. The number of benzene rings is 1. The Bertz CT molecular complexity index is 1250. The van der Waals surface area contributed by atoms with Crippen LogP contribution in [0.5, 0.6) is 11.6 Å². The van der Waals surface area contributed by atoms with Crippen LogP contribution >= 0.6 is 0 Å². The fourth-order valence-electron chi connectivity index (χ4n) is 4.55. The van der Waals surface area contributed by atoms with E-state index in [-0.39, 0.29) is 35.6 Å². The third-order valence-electron chi connectivity index (χ3n) is 7.58. The summed E-state index contributed by atoms with van der Waals surface area (Å²) in [6.45, 7) is 10.3. The number of primary amides is 1. The molecule has 1 aromatic heterocycles. The van der Waals surface area contributed by atoms with Crippen molar-refractivity contribution in [2.45, 2.75) is 77.5 Å². The monoisotopic (exact) mass is 563 g/mol. The van der Waals surface area contributed by atoms with Crippen molar-refractivity contribution in [2.24, 2.45) is 5.73 Å². The van der Waals surface area contributed by atoms with Crippen LogP contribution in [0.25, 0.3) is 0 Å². The van der Waals surface area contributed by atoms with Crippen LogP contribution in [0.2, 0.25) is 0 Å². The van der Waals surface area contributed by atoms with E-state index in [1.165, 1.54) is 24.3 Å². The van der Waals surface area contributed by atoms with Gasteiger partial charge in [-0.25, -0.2) is 4.98 Å². The average molecular weight is 563 g/mol. The third kappa shape index (κ3) is 6.69. The zero-order chi connectivity index (χ0) is 29.5. The van der Waals surface area contributed by atoms with Crippen LogP contribution in [0.1, 0.15) is 62.2 Å². The van der Waals surface area contributed by atoms with E-state index in [1.54, 1.807) is 17.9 Å². The number of likely N-dealkylation sites (tertiary alicyclic amines) is 1. The number of hydrogen-bond acceptors (Lipinski definition) is 7. The maximum absolute atomic E-state index is 12.8. The molecule has 13 heteroatoms. The van der Waals surface area contributed by atoms with Crippen LogP contribution in [0.3, 0.4) is 0 Å². The molecule has 40 heavy (non-hydrogen) atoms. The lowest BCUT2D eigenvalue weighted by Crippen LogP contribution is -2.43. The summed E-state index contributed by atoms with van der Waals surface area (Å²) in [5.74, 6) is -1.07. The summed E-state index contributed by atoms with van der Waals surface area (Å²) in [6, 6.07) is 6.83. The molecule has 0 radical (unpaired) electrons. The van der Waals surface area contributed by atoms with Gasteiger partial charge in [-0.15, -0.1) is 13.2 Å². The van der Waals surface area contributed by atoms with Crippen LogP contribution < -0.4 is 20.7 Å². The summed E-state index contributed by atoms with van der Waals surface area (Å²) < 4.78 is 59.2. The van der Waals surface area contributed by atoms with E-state index in [4.69, 9.17) is 19.8 Å². The standard InChI is InChI=1S/C27H33BF3N3O6/c1-16-21(28-39-25(2,3)26(4,5)40-28)15-20(23(32)36)24(33-16)37-18-10-12-34(13-11-18)22(35)14-17-6-8-19(9-7-17)38-27(29,30)31/h6-9,15,18H,10-14H2,1-5H3,(H2,32,36). The molecule has 2 aliphatic heterocycles. The number of aryl methyl sites for hydroxylation is 1. The fraction of sp³-hybridized carbons (Fsp3) is 0.519. The minimum Gasteiger partial charge on any atom is -0.474 e. The number of hydrogen-bond donors (Lipinski definition) is 1. The van der Waals surface area contributed by atoms with Gasteiger partial charge in [0.05, 0.1) is 17.6 Å². The van der Waals surface area contributed by atoms with Crippen molar-refractivity contribution in [1.29, 1.82) is 0 Å². The number of nitrogens with two attached hydrogens (primary N) is 1. The van der Waals surface area contributed by atoms with Gasteiger partial charge in [0, 0.05) is 37.1 Å². The van der Waals surface area contributed by atoms with Gasteiger partial charge in [0.15, 0.2) is 0 Å². The number of halogens is 3. The van der Waals surface area contributed by atoms with Crippen molar-refractivity contribution >= 4 is 24.4 Å². The largest absolute Gasteiger partial charge is 0.573 e. The Labute approximate surface area is 231 Å². The van der Waals surface area contributed by atoms with Crippen LogP contribution in [-0.2, 0) is 20.5 Å². The molecular formula is C27H33BF3N3O6. The number of pyridine rings is 1. The number of alkyl halides is 3. The van der Waals surface area contributed by atoms with E-state index in [1.807, 2.05) is 27.7 Å². The van der Waals surface area contributed by atoms with Crippen molar-refractivity contribution in [2.75, 3.05) is 13.1 Å². The molecule has 2 saturated heterocycles. The molecule has 0 unspecified atom stereocenters. The molecule has 0 aliphatic carbocycles. The number of rotatable bonds is 7. The van der Waals surface area contributed by atoms with Crippen LogP contribution in [0.4, 0.5) is 13.2 Å². The smallest absolute Gasteiger partial charge is 0.474 e. The van der Waals surface area contributed by atoms with Crippen LogP contribution in [0, 0.1) is 6.92 Å². The first-order chi connectivity index (χ1) is 18.5. The quantitative estimate of drug-likeness (QED) is 0.515. The Morgan fingerprint density at radius 3 is 2.20 bits per heavy atom. The Morgan fingerprint density at radius 1 is 1.10 bits per heavy atom. The van der Waals surface area contributed by atoms with Crippen molar-refractivity contribution in [3.8, 4) is 11.6 Å². The Hall–Kier alpha value is -3.32. The van der Waals surface area contributed by atoms with Gasteiger partial charge < -0.3 is 29.4 Å². The topological polar surface area (TPSA) is 113 Å². The predicted octanol–water partition coefficient (Wildman–Crippen LogP) is 3.30. The van der Waals surface area contributed by atoms with Crippen molar-refractivity contribution in [3.05, 3.63) is 47.2 Å². The van der Waals surface area contributed by atoms with Gasteiger partial charge >= 0.3 is 13.5 Å². The number of nitrogens with zero attached hydrogens (tertiary/aromatic N) is 2. The van der Waals surface area contributed by atoms with Crippen molar-refractivity contribution < 1.29 is 41.5 Å². The summed E-state index contributed by atoms with van der Waals surface area (Å²) in [7, 11) is -0.715.